The van der Waals surface area contributed by atoms with Gasteiger partial charge in [-0.15, -0.1) is 0 Å². The van der Waals surface area contributed by atoms with Crippen molar-refractivity contribution in [3.8, 4) is 5.75 Å². The van der Waals surface area contributed by atoms with Crippen molar-refractivity contribution in [2.45, 2.75) is 33.1 Å². The van der Waals surface area contributed by atoms with Gasteiger partial charge < -0.3 is 15.2 Å². The first-order valence-electron chi connectivity index (χ1n) is 11.9. The van der Waals surface area contributed by atoms with E-state index in [1.54, 1.807) is 12.1 Å². The maximum atomic E-state index is 13.0. The van der Waals surface area contributed by atoms with Gasteiger partial charge in [0.2, 0.25) is 0 Å². The van der Waals surface area contributed by atoms with Gasteiger partial charge in [0.25, 0.3) is 0 Å². The van der Waals surface area contributed by atoms with E-state index in [1.165, 1.54) is 45.5 Å². The fraction of sp³-hybridized carbons (Fsp3) is 0.226. The third-order valence-corrected chi connectivity index (χ3v) is 6.39. The predicted octanol–water partition coefficient (Wildman–Crippen LogP) is 6.80. The number of anilines is 1. The molecular weight excluding hydrogens is 437 g/mol. The van der Waals surface area contributed by atoms with Crippen molar-refractivity contribution in [1.82, 2.24) is 0 Å². The summed E-state index contributed by atoms with van der Waals surface area (Å²) in [4.78, 5) is 0. The summed E-state index contributed by atoms with van der Waals surface area (Å²) in [7, 11) is 0. The molecule has 0 heterocycles. The number of rotatable bonds is 10. The molecular formula is C31H32FNO2. The first kappa shape index (κ1) is 24.5. The molecule has 0 amide bonds. The van der Waals surface area contributed by atoms with Crippen LogP contribution in [0, 0.1) is 19.7 Å². The molecule has 0 aromatic heterocycles. The minimum absolute atomic E-state index is 0.180. The number of nitrogen functional groups attached to an aromatic ring is 1. The fourth-order valence-corrected chi connectivity index (χ4v) is 4.33. The number of ether oxygens (including phenoxy) is 2. The molecule has 0 bridgehead atoms. The van der Waals surface area contributed by atoms with E-state index in [-0.39, 0.29) is 12.6 Å². The Bertz CT molecular complexity index is 1240. The lowest BCUT2D eigenvalue weighted by Crippen LogP contribution is -2.06. The highest BCUT2D eigenvalue weighted by atomic mass is 19.1. The summed E-state index contributed by atoms with van der Waals surface area (Å²) in [5.74, 6) is 0.543. The van der Waals surface area contributed by atoms with Crippen LogP contribution in [0.1, 0.15) is 38.9 Å². The molecule has 0 saturated heterocycles. The minimum atomic E-state index is -0.226. The van der Waals surface area contributed by atoms with Gasteiger partial charge in [-0.2, -0.15) is 0 Å². The second-order valence-corrected chi connectivity index (χ2v) is 8.89. The SMILES string of the molecule is Cc1cc(N)c(Cc2ccccc2)c(C)c1Cc1ccc(OCOCCc2ccc(F)cc2)cc1. The van der Waals surface area contributed by atoms with Crippen LogP contribution >= 0.6 is 0 Å². The molecule has 0 aliphatic carbocycles. The third-order valence-electron chi connectivity index (χ3n) is 6.39. The van der Waals surface area contributed by atoms with Crippen molar-refractivity contribution < 1.29 is 13.9 Å². The normalized spacial score (nSPS) is 10.9. The molecule has 0 aliphatic rings. The number of nitrogens with two attached hydrogens (primary N) is 1. The van der Waals surface area contributed by atoms with Gasteiger partial charge in [0.15, 0.2) is 6.79 Å². The number of aryl methyl sites for hydroxylation is 1. The molecule has 0 saturated carbocycles. The molecule has 2 N–H and O–H groups in total. The van der Waals surface area contributed by atoms with Gasteiger partial charge in [-0.1, -0.05) is 54.6 Å². The Morgan fingerprint density at radius 3 is 2.09 bits per heavy atom. The van der Waals surface area contributed by atoms with Crippen LogP contribution in [0.15, 0.2) is 84.9 Å². The Balaban J connectivity index is 1.33. The van der Waals surface area contributed by atoms with Crippen LogP contribution in [0.4, 0.5) is 10.1 Å². The highest BCUT2D eigenvalue weighted by molar-refractivity contribution is 5.59. The third kappa shape index (κ3) is 6.71. The number of halogens is 1. The molecule has 4 aromatic rings. The zero-order chi connectivity index (χ0) is 24.6. The maximum Gasteiger partial charge on any atom is 0.189 e. The van der Waals surface area contributed by atoms with Gasteiger partial charge in [-0.05, 0) is 102 Å². The quantitative estimate of drug-likeness (QED) is 0.158. The van der Waals surface area contributed by atoms with Gasteiger partial charge in [0, 0.05) is 5.69 Å². The van der Waals surface area contributed by atoms with Crippen molar-refractivity contribution in [2.75, 3.05) is 19.1 Å². The monoisotopic (exact) mass is 469 g/mol. The summed E-state index contributed by atoms with van der Waals surface area (Å²) in [5.41, 5.74) is 15.8. The summed E-state index contributed by atoms with van der Waals surface area (Å²) in [5, 5.41) is 0. The van der Waals surface area contributed by atoms with Gasteiger partial charge in [0.05, 0.1) is 6.61 Å². The average Bonchev–Trinajstić information content (AvgIpc) is 2.87. The van der Waals surface area contributed by atoms with Crippen molar-refractivity contribution >= 4 is 5.69 Å². The van der Waals surface area contributed by atoms with Gasteiger partial charge >= 0.3 is 0 Å². The van der Waals surface area contributed by atoms with Gasteiger partial charge in [-0.3, -0.25) is 0 Å². The number of benzene rings is 4. The van der Waals surface area contributed by atoms with Crippen LogP contribution in [-0.4, -0.2) is 13.4 Å². The summed E-state index contributed by atoms with van der Waals surface area (Å²) in [6, 6.07) is 27.2. The zero-order valence-corrected chi connectivity index (χ0v) is 20.4. The van der Waals surface area contributed by atoms with E-state index in [0.29, 0.717) is 6.61 Å². The smallest absolute Gasteiger partial charge is 0.189 e. The van der Waals surface area contributed by atoms with Crippen LogP contribution in [-0.2, 0) is 24.0 Å². The van der Waals surface area contributed by atoms with E-state index in [4.69, 9.17) is 15.2 Å². The van der Waals surface area contributed by atoms with Crippen LogP contribution in [0.5, 0.6) is 5.75 Å². The van der Waals surface area contributed by atoms with E-state index >= 15 is 0 Å². The maximum absolute atomic E-state index is 13.0. The summed E-state index contributed by atoms with van der Waals surface area (Å²) < 4.78 is 24.3. The van der Waals surface area contributed by atoms with Crippen molar-refractivity contribution in [1.29, 1.82) is 0 Å². The number of hydrogen-bond acceptors (Lipinski definition) is 3. The molecule has 0 unspecified atom stereocenters. The van der Waals surface area contributed by atoms with E-state index < -0.39 is 0 Å². The average molecular weight is 470 g/mol. The van der Waals surface area contributed by atoms with Crippen molar-refractivity contribution in [3.63, 3.8) is 0 Å². The lowest BCUT2D eigenvalue weighted by Gasteiger charge is -2.18. The van der Waals surface area contributed by atoms with E-state index in [0.717, 1.165) is 36.3 Å². The first-order chi connectivity index (χ1) is 17.0. The largest absolute Gasteiger partial charge is 0.468 e. The molecule has 35 heavy (non-hydrogen) atoms. The van der Waals surface area contributed by atoms with E-state index in [2.05, 4.69) is 56.3 Å². The number of hydrogen-bond donors (Lipinski definition) is 1. The Kier molecular flexibility index (Phi) is 8.17. The Labute approximate surface area is 207 Å². The molecule has 4 rings (SSSR count). The molecule has 4 aromatic carbocycles. The van der Waals surface area contributed by atoms with Crippen LogP contribution in [0.2, 0.25) is 0 Å². The Hall–Kier alpha value is -3.63. The molecule has 3 nitrogen and oxygen atoms in total. The molecule has 0 aliphatic heterocycles. The minimum Gasteiger partial charge on any atom is -0.468 e. The molecule has 180 valence electrons. The predicted molar refractivity (Wildman–Crippen MR) is 140 cm³/mol. The van der Waals surface area contributed by atoms with Crippen molar-refractivity contribution in [2.24, 2.45) is 0 Å². The van der Waals surface area contributed by atoms with Crippen molar-refractivity contribution in [3.05, 3.63) is 130 Å². The van der Waals surface area contributed by atoms with Crippen LogP contribution in [0.3, 0.4) is 0 Å². The van der Waals surface area contributed by atoms with Gasteiger partial charge in [0.1, 0.15) is 11.6 Å². The van der Waals surface area contributed by atoms with E-state index in [1.807, 2.05) is 18.2 Å². The highest BCUT2D eigenvalue weighted by Crippen LogP contribution is 2.29. The molecule has 4 heteroatoms. The zero-order valence-electron chi connectivity index (χ0n) is 20.4. The summed E-state index contributed by atoms with van der Waals surface area (Å²) in [6.45, 7) is 5.01. The van der Waals surface area contributed by atoms with E-state index in [9.17, 15) is 4.39 Å². The second-order valence-electron chi connectivity index (χ2n) is 8.89. The lowest BCUT2D eigenvalue weighted by atomic mass is 9.89. The molecule has 0 atom stereocenters. The topological polar surface area (TPSA) is 44.5 Å². The molecule has 0 radical (unpaired) electrons. The molecule has 0 spiro atoms. The van der Waals surface area contributed by atoms with Crippen LogP contribution in [0.25, 0.3) is 0 Å². The summed E-state index contributed by atoms with van der Waals surface area (Å²) >= 11 is 0. The Morgan fingerprint density at radius 2 is 1.37 bits per heavy atom. The molecule has 0 fully saturated rings. The van der Waals surface area contributed by atoms with Crippen LogP contribution < -0.4 is 10.5 Å². The second kappa shape index (κ2) is 11.7. The summed E-state index contributed by atoms with van der Waals surface area (Å²) in [6.07, 6.45) is 2.39. The first-order valence-corrected chi connectivity index (χ1v) is 11.9. The van der Waals surface area contributed by atoms with Gasteiger partial charge in [-0.25, -0.2) is 4.39 Å². The Morgan fingerprint density at radius 1 is 0.743 bits per heavy atom. The standard InChI is InChI=1S/C31H32FNO2/c1-22-18-31(33)30(20-25-6-4-3-5-7-25)23(2)29(22)19-26-10-14-28(15-11-26)35-21-34-17-16-24-8-12-27(32)13-9-24/h3-15,18H,16-17,19-21,33H2,1-2H3. The fourth-order valence-electron chi connectivity index (χ4n) is 4.33. The lowest BCUT2D eigenvalue weighted by molar-refractivity contribution is 0.0169. The highest BCUT2D eigenvalue weighted by Gasteiger charge is 2.13.